The summed E-state index contributed by atoms with van der Waals surface area (Å²) in [5.41, 5.74) is 2.56. The number of nitrogens with one attached hydrogen (secondary N) is 1. The number of carbonyl (C=O) groups excluding carboxylic acids is 2. The first-order valence-electron chi connectivity index (χ1n) is 9.63. The minimum atomic E-state index is -0.582. The maximum atomic E-state index is 13.1. The molecule has 2 aromatic carbocycles. The Morgan fingerprint density at radius 3 is 2.68 bits per heavy atom. The molecule has 1 fully saturated rings. The van der Waals surface area contributed by atoms with Crippen molar-refractivity contribution in [2.75, 3.05) is 11.9 Å². The van der Waals surface area contributed by atoms with Gasteiger partial charge in [-0.05, 0) is 62.1 Å². The summed E-state index contributed by atoms with van der Waals surface area (Å²) in [5.74, 6) is 0.485. The molecule has 1 N–H and O–H groups in total. The number of hydrogen-bond donors (Lipinski definition) is 1. The zero-order valence-electron chi connectivity index (χ0n) is 15.8. The molecule has 6 heteroatoms. The molecule has 2 aliphatic rings. The molecule has 1 heterocycles. The van der Waals surface area contributed by atoms with Gasteiger partial charge in [-0.3, -0.25) is 9.59 Å². The predicted molar refractivity (Wildman–Crippen MR) is 103 cm³/mol. The van der Waals surface area contributed by atoms with Crippen LogP contribution < -0.4 is 10.1 Å². The normalized spacial score (nSPS) is 18.9. The van der Waals surface area contributed by atoms with Gasteiger partial charge in [0.25, 0.3) is 5.91 Å². The van der Waals surface area contributed by atoms with Crippen molar-refractivity contribution in [3.8, 4) is 5.75 Å². The van der Waals surface area contributed by atoms with Gasteiger partial charge >= 0.3 is 0 Å². The lowest BCUT2D eigenvalue weighted by molar-refractivity contribution is -0.137. The average Bonchev–Trinajstić information content (AvgIpc) is 3.53. The Balaban J connectivity index is 1.49. The fourth-order valence-electron chi connectivity index (χ4n) is 3.37. The summed E-state index contributed by atoms with van der Waals surface area (Å²) in [5, 5.41) is 2.94. The van der Waals surface area contributed by atoms with Crippen LogP contribution in [0.15, 0.2) is 42.5 Å². The third-order valence-corrected chi connectivity index (χ3v) is 5.18. The summed E-state index contributed by atoms with van der Waals surface area (Å²) in [6.45, 7) is 2.66. The van der Waals surface area contributed by atoms with Gasteiger partial charge in [-0.25, -0.2) is 4.39 Å². The number of anilines is 1. The van der Waals surface area contributed by atoms with E-state index >= 15 is 0 Å². The van der Waals surface area contributed by atoms with Gasteiger partial charge in [-0.1, -0.05) is 12.1 Å². The summed E-state index contributed by atoms with van der Waals surface area (Å²) in [7, 11) is 0. The van der Waals surface area contributed by atoms with Crippen molar-refractivity contribution in [1.29, 1.82) is 0 Å². The molecule has 1 atom stereocenters. The van der Waals surface area contributed by atoms with E-state index in [9.17, 15) is 14.0 Å². The summed E-state index contributed by atoms with van der Waals surface area (Å²) < 4.78 is 18.9. The van der Waals surface area contributed by atoms with E-state index in [4.69, 9.17) is 4.74 Å². The highest BCUT2D eigenvalue weighted by Crippen LogP contribution is 2.32. The monoisotopic (exact) mass is 382 g/mol. The Morgan fingerprint density at radius 1 is 1.21 bits per heavy atom. The lowest BCUT2D eigenvalue weighted by Crippen LogP contribution is -2.39. The molecular formula is C22H23FN2O3. The van der Waals surface area contributed by atoms with Crippen molar-refractivity contribution < 1.29 is 18.7 Å². The second-order valence-electron chi connectivity index (χ2n) is 7.48. The molecule has 0 saturated heterocycles. The first-order chi connectivity index (χ1) is 13.5. The lowest BCUT2D eigenvalue weighted by Gasteiger charge is -2.22. The summed E-state index contributed by atoms with van der Waals surface area (Å²) in [6, 6.07) is 11.8. The van der Waals surface area contributed by atoms with E-state index in [0.717, 1.165) is 29.7 Å². The first-order valence-corrected chi connectivity index (χ1v) is 9.63. The Morgan fingerprint density at radius 2 is 1.96 bits per heavy atom. The summed E-state index contributed by atoms with van der Waals surface area (Å²) in [6.07, 6.45) is 1.94. The van der Waals surface area contributed by atoms with Crippen LogP contribution in [0.4, 0.5) is 10.1 Å². The lowest BCUT2D eigenvalue weighted by atomic mass is 10.1. The number of ether oxygens (including phenoxy) is 1. The minimum absolute atomic E-state index is 0.0482. The van der Waals surface area contributed by atoms with Gasteiger partial charge in [0, 0.05) is 30.3 Å². The highest BCUT2D eigenvalue weighted by atomic mass is 19.1. The van der Waals surface area contributed by atoms with E-state index in [1.54, 1.807) is 24.0 Å². The van der Waals surface area contributed by atoms with Gasteiger partial charge < -0.3 is 15.0 Å². The van der Waals surface area contributed by atoms with Crippen molar-refractivity contribution in [3.63, 3.8) is 0 Å². The third kappa shape index (κ3) is 4.16. The van der Waals surface area contributed by atoms with Crippen LogP contribution in [0.3, 0.4) is 0 Å². The van der Waals surface area contributed by atoms with Gasteiger partial charge in [-0.2, -0.15) is 0 Å². The van der Waals surface area contributed by atoms with Gasteiger partial charge in [-0.15, -0.1) is 0 Å². The Kier molecular flexibility index (Phi) is 5.03. The fourth-order valence-corrected chi connectivity index (χ4v) is 3.37. The quantitative estimate of drug-likeness (QED) is 0.861. The molecule has 2 aromatic rings. The van der Waals surface area contributed by atoms with Crippen molar-refractivity contribution in [3.05, 3.63) is 59.4 Å². The van der Waals surface area contributed by atoms with Gasteiger partial charge in [0.2, 0.25) is 5.91 Å². The first kappa shape index (κ1) is 18.5. The molecule has 4 rings (SSSR count). The van der Waals surface area contributed by atoms with E-state index < -0.39 is 6.10 Å². The standard InChI is InChI=1S/C22H23FN2O3/c1-14-22(27)25(11-10-15-2-6-18(23)7-3-15)13-17-12-19(8-9-20(17)28-14)24-21(26)16-4-5-16/h2-3,6-9,12,14,16H,4-5,10-11,13H2,1H3,(H,24,26). The van der Waals surface area contributed by atoms with Crippen LogP contribution in [0.5, 0.6) is 5.75 Å². The number of hydrogen-bond acceptors (Lipinski definition) is 3. The zero-order valence-corrected chi connectivity index (χ0v) is 15.8. The smallest absolute Gasteiger partial charge is 0.263 e. The van der Waals surface area contributed by atoms with Crippen LogP contribution >= 0.6 is 0 Å². The van der Waals surface area contributed by atoms with Gasteiger partial charge in [0.1, 0.15) is 11.6 Å². The molecule has 1 aliphatic carbocycles. The molecule has 1 unspecified atom stereocenters. The largest absolute Gasteiger partial charge is 0.481 e. The zero-order chi connectivity index (χ0) is 19.7. The van der Waals surface area contributed by atoms with Crippen LogP contribution in [0.25, 0.3) is 0 Å². The van der Waals surface area contributed by atoms with Crippen molar-refractivity contribution >= 4 is 17.5 Å². The van der Waals surface area contributed by atoms with Crippen molar-refractivity contribution in [1.82, 2.24) is 4.90 Å². The van der Waals surface area contributed by atoms with Gasteiger partial charge in [0.05, 0.1) is 0 Å². The second-order valence-corrected chi connectivity index (χ2v) is 7.48. The number of amides is 2. The topological polar surface area (TPSA) is 58.6 Å². The number of fused-ring (bicyclic) bond motifs is 1. The average molecular weight is 382 g/mol. The molecule has 0 spiro atoms. The molecule has 28 heavy (non-hydrogen) atoms. The van der Waals surface area contributed by atoms with E-state index in [1.165, 1.54) is 12.1 Å². The van der Waals surface area contributed by atoms with Gasteiger partial charge in [0.15, 0.2) is 6.10 Å². The molecule has 0 bridgehead atoms. The van der Waals surface area contributed by atoms with Crippen molar-refractivity contribution in [2.45, 2.75) is 38.8 Å². The van der Waals surface area contributed by atoms with Crippen LogP contribution in [0.2, 0.25) is 0 Å². The molecule has 5 nitrogen and oxygen atoms in total. The van der Waals surface area contributed by atoms with E-state index in [2.05, 4.69) is 5.32 Å². The summed E-state index contributed by atoms with van der Waals surface area (Å²) >= 11 is 0. The van der Waals surface area contributed by atoms with E-state index in [0.29, 0.717) is 25.3 Å². The molecule has 1 aliphatic heterocycles. The van der Waals surface area contributed by atoms with Crippen LogP contribution in [0.1, 0.15) is 30.9 Å². The van der Waals surface area contributed by atoms with Crippen LogP contribution in [-0.4, -0.2) is 29.4 Å². The molecular weight excluding hydrogens is 359 g/mol. The molecule has 2 amide bonds. The maximum absolute atomic E-state index is 13.1. The maximum Gasteiger partial charge on any atom is 0.263 e. The highest BCUT2D eigenvalue weighted by Gasteiger charge is 2.30. The number of nitrogens with zero attached hydrogens (tertiary/aromatic N) is 1. The second kappa shape index (κ2) is 7.62. The minimum Gasteiger partial charge on any atom is -0.481 e. The fraction of sp³-hybridized carbons (Fsp3) is 0.364. The number of carbonyl (C=O) groups is 2. The van der Waals surface area contributed by atoms with Crippen LogP contribution in [0, 0.1) is 11.7 Å². The van der Waals surface area contributed by atoms with E-state index in [-0.39, 0.29) is 23.5 Å². The third-order valence-electron chi connectivity index (χ3n) is 5.18. The Labute approximate surface area is 163 Å². The predicted octanol–water partition coefficient (Wildman–Crippen LogP) is 3.53. The SMILES string of the molecule is CC1Oc2ccc(NC(=O)C3CC3)cc2CN(CCc2ccc(F)cc2)C1=O. The molecule has 1 saturated carbocycles. The van der Waals surface area contributed by atoms with E-state index in [1.807, 2.05) is 18.2 Å². The summed E-state index contributed by atoms with van der Waals surface area (Å²) in [4.78, 5) is 26.5. The Bertz CT molecular complexity index is 893. The van der Waals surface area contributed by atoms with Crippen molar-refractivity contribution in [2.24, 2.45) is 5.92 Å². The number of rotatable bonds is 5. The number of halogens is 1. The molecule has 0 aromatic heterocycles. The molecule has 0 radical (unpaired) electrons. The molecule has 146 valence electrons. The highest BCUT2D eigenvalue weighted by molar-refractivity contribution is 5.94. The number of benzene rings is 2. The Hall–Kier alpha value is -2.89. The van der Waals surface area contributed by atoms with Crippen LogP contribution in [-0.2, 0) is 22.6 Å².